The lowest BCUT2D eigenvalue weighted by atomic mass is 10.2. The first-order valence-electron chi connectivity index (χ1n) is 8.74. The first kappa shape index (κ1) is 15.6. The molecule has 0 amide bonds. The molecule has 4 rings (SSSR count). The molecule has 3 aromatic rings. The zero-order valence-electron chi connectivity index (χ0n) is 14.4. The summed E-state index contributed by atoms with van der Waals surface area (Å²) in [6, 6.07) is 8.71. The van der Waals surface area contributed by atoms with E-state index >= 15 is 0 Å². The van der Waals surface area contributed by atoms with E-state index in [9.17, 15) is 0 Å². The largest absolute Gasteiger partial charge is 0.337 e. The number of anilines is 1. The summed E-state index contributed by atoms with van der Waals surface area (Å²) in [5.74, 6) is 2.48. The van der Waals surface area contributed by atoms with Crippen molar-refractivity contribution in [2.45, 2.75) is 52.1 Å². The van der Waals surface area contributed by atoms with Crippen LogP contribution in [0.4, 0.5) is 5.13 Å². The molecule has 1 fully saturated rings. The highest BCUT2D eigenvalue weighted by atomic mass is 32.1. The van der Waals surface area contributed by atoms with E-state index in [1.165, 1.54) is 23.5 Å². The highest BCUT2D eigenvalue weighted by Crippen LogP contribution is 2.38. The maximum atomic E-state index is 4.96. The van der Waals surface area contributed by atoms with Gasteiger partial charge in [0.15, 0.2) is 0 Å². The summed E-state index contributed by atoms with van der Waals surface area (Å²) in [7, 11) is 0. The van der Waals surface area contributed by atoms with Crippen LogP contribution in [0.2, 0.25) is 0 Å². The van der Waals surface area contributed by atoms with Gasteiger partial charge in [-0.15, -0.1) is 0 Å². The van der Waals surface area contributed by atoms with Gasteiger partial charge in [-0.2, -0.15) is 4.37 Å². The zero-order chi connectivity index (χ0) is 16.7. The Hall–Kier alpha value is -1.95. The lowest BCUT2D eigenvalue weighted by molar-refractivity contribution is 0.607. The SMILES string of the molecule is CCn1c(C2CCCN2c2nc(C(C)C)ns2)nc2ccccc21. The maximum Gasteiger partial charge on any atom is 0.205 e. The molecule has 5 nitrogen and oxygen atoms in total. The molecule has 24 heavy (non-hydrogen) atoms. The normalized spacial score (nSPS) is 18.2. The van der Waals surface area contributed by atoms with Crippen molar-refractivity contribution in [3.8, 4) is 0 Å². The average molecular weight is 341 g/mol. The second-order valence-corrected chi connectivity index (χ2v) is 7.37. The summed E-state index contributed by atoms with van der Waals surface area (Å²) in [5.41, 5.74) is 2.31. The molecule has 0 spiro atoms. The Morgan fingerprint density at radius 3 is 2.83 bits per heavy atom. The Bertz CT molecular complexity index is 850. The predicted molar refractivity (Wildman–Crippen MR) is 98.7 cm³/mol. The van der Waals surface area contributed by atoms with Crippen molar-refractivity contribution in [3.05, 3.63) is 35.9 Å². The Labute approximate surface area is 146 Å². The molecule has 1 aliphatic heterocycles. The number of rotatable bonds is 4. The number of hydrogen-bond acceptors (Lipinski definition) is 5. The molecule has 1 unspecified atom stereocenters. The molecule has 0 aliphatic carbocycles. The number of fused-ring (bicyclic) bond motifs is 1. The van der Waals surface area contributed by atoms with Crippen LogP contribution in [-0.4, -0.2) is 25.5 Å². The van der Waals surface area contributed by atoms with Crippen molar-refractivity contribution in [1.29, 1.82) is 0 Å². The lowest BCUT2D eigenvalue weighted by Gasteiger charge is -2.23. The van der Waals surface area contributed by atoms with Gasteiger partial charge in [-0.25, -0.2) is 9.97 Å². The lowest BCUT2D eigenvalue weighted by Crippen LogP contribution is -2.25. The molecule has 0 N–H and O–H groups in total. The van der Waals surface area contributed by atoms with Gasteiger partial charge < -0.3 is 9.47 Å². The second kappa shape index (κ2) is 6.16. The average Bonchev–Trinajstić information content (AvgIpc) is 3.30. The van der Waals surface area contributed by atoms with E-state index in [1.807, 2.05) is 0 Å². The molecule has 6 heteroatoms. The van der Waals surface area contributed by atoms with Gasteiger partial charge in [-0.05, 0) is 31.9 Å². The van der Waals surface area contributed by atoms with Gasteiger partial charge in [0.05, 0.1) is 17.1 Å². The van der Waals surface area contributed by atoms with Crippen LogP contribution >= 0.6 is 11.5 Å². The van der Waals surface area contributed by atoms with E-state index in [1.54, 1.807) is 0 Å². The fourth-order valence-electron chi connectivity index (χ4n) is 3.52. The monoisotopic (exact) mass is 341 g/mol. The molecule has 2 aromatic heterocycles. The standard InChI is InChI=1S/C18H23N5S/c1-4-22-14-9-6-5-8-13(14)19-17(22)15-10-7-11-23(15)18-20-16(12(2)3)21-24-18/h5-6,8-9,12,15H,4,7,10-11H2,1-3H3. The summed E-state index contributed by atoms with van der Waals surface area (Å²) in [5, 5.41) is 1.04. The fraction of sp³-hybridized carbons (Fsp3) is 0.500. The van der Waals surface area contributed by atoms with E-state index in [-0.39, 0.29) is 0 Å². The molecule has 3 heterocycles. The van der Waals surface area contributed by atoms with Crippen LogP contribution in [0.25, 0.3) is 11.0 Å². The number of imidazole rings is 1. The molecular weight excluding hydrogens is 318 g/mol. The first-order chi connectivity index (χ1) is 11.7. The molecule has 0 saturated carbocycles. The van der Waals surface area contributed by atoms with E-state index in [0.29, 0.717) is 12.0 Å². The molecule has 0 radical (unpaired) electrons. The van der Waals surface area contributed by atoms with Gasteiger partial charge in [0.2, 0.25) is 5.13 Å². The Balaban J connectivity index is 1.74. The molecule has 1 atom stereocenters. The van der Waals surface area contributed by atoms with Gasteiger partial charge in [0.25, 0.3) is 0 Å². The van der Waals surface area contributed by atoms with Crippen LogP contribution < -0.4 is 4.90 Å². The third-order valence-electron chi connectivity index (χ3n) is 4.74. The highest BCUT2D eigenvalue weighted by molar-refractivity contribution is 7.09. The van der Waals surface area contributed by atoms with Crippen molar-refractivity contribution in [2.24, 2.45) is 0 Å². The van der Waals surface area contributed by atoms with Crippen molar-refractivity contribution in [2.75, 3.05) is 11.4 Å². The minimum atomic E-state index is 0.297. The minimum Gasteiger partial charge on any atom is -0.337 e. The Morgan fingerprint density at radius 1 is 1.25 bits per heavy atom. The van der Waals surface area contributed by atoms with Gasteiger partial charge in [-0.3, -0.25) is 0 Å². The summed E-state index contributed by atoms with van der Waals surface area (Å²) in [4.78, 5) is 12.1. The molecule has 126 valence electrons. The van der Waals surface area contributed by atoms with E-state index in [0.717, 1.165) is 41.8 Å². The van der Waals surface area contributed by atoms with Crippen LogP contribution in [0.3, 0.4) is 0 Å². The molecule has 1 aliphatic rings. The predicted octanol–water partition coefficient (Wildman–Crippen LogP) is 4.37. The number of hydrogen-bond donors (Lipinski definition) is 0. The molecule has 1 saturated heterocycles. The fourth-order valence-corrected chi connectivity index (χ4v) is 4.41. The molecular formula is C18H23N5S. The van der Waals surface area contributed by atoms with Crippen molar-refractivity contribution < 1.29 is 0 Å². The summed E-state index contributed by atoms with van der Waals surface area (Å²) in [6.45, 7) is 8.45. The van der Waals surface area contributed by atoms with E-state index in [4.69, 9.17) is 9.97 Å². The van der Waals surface area contributed by atoms with Crippen LogP contribution in [-0.2, 0) is 6.54 Å². The maximum absolute atomic E-state index is 4.96. The summed E-state index contributed by atoms with van der Waals surface area (Å²) >= 11 is 1.52. The van der Waals surface area contributed by atoms with Gasteiger partial charge in [0, 0.05) is 30.5 Å². The quantitative estimate of drug-likeness (QED) is 0.707. The van der Waals surface area contributed by atoms with Gasteiger partial charge in [-0.1, -0.05) is 26.0 Å². The smallest absolute Gasteiger partial charge is 0.205 e. The van der Waals surface area contributed by atoms with Gasteiger partial charge >= 0.3 is 0 Å². The number of benzene rings is 1. The van der Waals surface area contributed by atoms with Crippen LogP contribution in [0.5, 0.6) is 0 Å². The Morgan fingerprint density at radius 2 is 2.08 bits per heavy atom. The topological polar surface area (TPSA) is 46.8 Å². The number of nitrogens with zero attached hydrogens (tertiary/aromatic N) is 5. The first-order valence-corrected chi connectivity index (χ1v) is 9.51. The van der Waals surface area contributed by atoms with Crippen LogP contribution in [0.1, 0.15) is 57.2 Å². The number of aromatic nitrogens is 4. The zero-order valence-corrected chi connectivity index (χ0v) is 15.3. The molecule has 0 bridgehead atoms. The van der Waals surface area contributed by atoms with Crippen LogP contribution in [0.15, 0.2) is 24.3 Å². The minimum absolute atomic E-state index is 0.297. The van der Waals surface area contributed by atoms with Crippen molar-refractivity contribution >= 4 is 27.7 Å². The summed E-state index contributed by atoms with van der Waals surface area (Å²) in [6.07, 6.45) is 2.30. The van der Waals surface area contributed by atoms with Crippen LogP contribution in [0, 0.1) is 0 Å². The molecule has 1 aromatic carbocycles. The van der Waals surface area contributed by atoms with Crippen molar-refractivity contribution in [3.63, 3.8) is 0 Å². The highest BCUT2D eigenvalue weighted by Gasteiger charge is 2.32. The van der Waals surface area contributed by atoms with E-state index < -0.39 is 0 Å². The second-order valence-electron chi connectivity index (χ2n) is 6.64. The third-order valence-corrected chi connectivity index (χ3v) is 5.51. The third kappa shape index (κ3) is 2.49. The Kier molecular flexibility index (Phi) is 4.00. The van der Waals surface area contributed by atoms with Gasteiger partial charge in [0.1, 0.15) is 11.6 Å². The van der Waals surface area contributed by atoms with E-state index in [2.05, 4.69) is 58.9 Å². The number of para-hydroxylation sites is 2. The summed E-state index contributed by atoms with van der Waals surface area (Å²) < 4.78 is 6.89. The van der Waals surface area contributed by atoms with Crippen molar-refractivity contribution in [1.82, 2.24) is 18.9 Å². The number of aryl methyl sites for hydroxylation is 1.